The smallest absolute Gasteiger partial charge is 0.332 e. The van der Waals surface area contributed by atoms with Crippen LogP contribution in [0.3, 0.4) is 0 Å². The summed E-state index contributed by atoms with van der Waals surface area (Å²) in [6.45, 7) is 4.03. The van der Waals surface area contributed by atoms with Crippen molar-refractivity contribution < 1.29 is 14.3 Å². The van der Waals surface area contributed by atoms with Crippen molar-refractivity contribution in [1.29, 1.82) is 0 Å². The van der Waals surface area contributed by atoms with Crippen molar-refractivity contribution >= 4 is 5.97 Å². The van der Waals surface area contributed by atoms with Gasteiger partial charge in [0.1, 0.15) is 13.2 Å². The summed E-state index contributed by atoms with van der Waals surface area (Å²) in [7, 11) is 0. The standard InChI is InChI=1S/C16H23NO3/c18-16(14-19-13-15-7-3-1-4-8-15)20-12-11-17-9-5-2-6-10-17/h1,3-4,7-8H,2,5-6,9-14H2. The Morgan fingerprint density at radius 2 is 1.85 bits per heavy atom. The van der Waals surface area contributed by atoms with Crippen LogP contribution in [-0.2, 0) is 20.9 Å². The molecule has 0 N–H and O–H groups in total. The van der Waals surface area contributed by atoms with E-state index >= 15 is 0 Å². The van der Waals surface area contributed by atoms with Gasteiger partial charge in [-0.1, -0.05) is 36.8 Å². The Bertz CT molecular complexity index is 388. The summed E-state index contributed by atoms with van der Waals surface area (Å²) in [4.78, 5) is 13.9. The molecular weight excluding hydrogens is 254 g/mol. The number of carbonyl (C=O) groups is 1. The van der Waals surface area contributed by atoms with Crippen molar-refractivity contribution in [3.8, 4) is 0 Å². The van der Waals surface area contributed by atoms with Crippen LogP contribution in [0.25, 0.3) is 0 Å². The van der Waals surface area contributed by atoms with Gasteiger partial charge in [0.2, 0.25) is 0 Å². The van der Waals surface area contributed by atoms with E-state index in [1.807, 2.05) is 30.3 Å². The SMILES string of the molecule is O=C(COCc1ccccc1)OCCN1CCCCC1. The molecule has 1 saturated heterocycles. The highest BCUT2D eigenvalue weighted by Gasteiger charge is 2.10. The Balaban J connectivity index is 1.52. The van der Waals surface area contributed by atoms with Gasteiger partial charge in [-0.25, -0.2) is 4.79 Å². The highest BCUT2D eigenvalue weighted by molar-refractivity contribution is 5.70. The van der Waals surface area contributed by atoms with E-state index in [1.165, 1.54) is 19.3 Å². The van der Waals surface area contributed by atoms with Gasteiger partial charge in [0.25, 0.3) is 0 Å². The molecule has 4 nitrogen and oxygen atoms in total. The fourth-order valence-corrected chi connectivity index (χ4v) is 2.34. The zero-order valence-corrected chi connectivity index (χ0v) is 11.9. The van der Waals surface area contributed by atoms with Gasteiger partial charge >= 0.3 is 5.97 Å². The molecule has 0 aliphatic carbocycles. The van der Waals surface area contributed by atoms with Crippen LogP contribution in [0, 0.1) is 0 Å². The summed E-state index contributed by atoms with van der Waals surface area (Å²) < 4.78 is 10.5. The first-order valence-electron chi connectivity index (χ1n) is 7.34. The normalized spacial score (nSPS) is 16.0. The van der Waals surface area contributed by atoms with Crippen molar-refractivity contribution in [2.24, 2.45) is 0 Å². The minimum atomic E-state index is -0.280. The van der Waals surface area contributed by atoms with E-state index < -0.39 is 0 Å². The van der Waals surface area contributed by atoms with Gasteiger partial charge in [-0.2, -0.15) is 0 Å². The average molecular weight is 277 g/mol. The molecule has 20 heavy (non-hydrogen) atoms. The minimum Gasteiger partial charge on any atom is -0.463 e. The van der Waals surface area contributed by atoms with Crippen molar-refractivity contribution in [2.45, 2.75) is 25.9 Å². The number of benzene rings is 1. The molecule has 0 spiro atoms. The monoisotopic (exact) mass is 277 g/mol. The Kier molecular flexibility index (Phi) is 6.54. The molecule has 0 bridgehead atoms. The molecule has 0 unspecified atom stereocenters. The average Bonchev–Trinajstić information content (AvgIpc) is 2.49. The van der Waals surface area contributed by atoms with Gasteiger partial charge in [0, 0.05) is 6.54 Å². The third-order valence-electron chi connectivity index (χ3n) is 3.45. The summed E-state index contributed by atoms with van der Waals surface area (Å²) in [6.07, 6.45) is 3.84. The minimum absolute atomic E-state index is 0.0227. The van der Waals surface area contributed by atoms with Crippen LogP contribution in [-0.4, -0.2) is 43.7 Å². The maximum absolute atomic E-state index is 11.5. The highest BCUT2D eigenvalue weighted by atomic mass is 16.6. The quantitative estimate of drug-likeness (QED) is 0.716. The van der Waals surface area contributed by atoms with Gasteiger partial charge in [-0.15, -0.1) is 0 Å². The van der Waals surface area contributed by atoms with E-state index in [-0.39, 0.29) is 12.6 Å². The molecule has 1 heterocycles. The summed E-state index contributed by atoms with van der Waals surface area (Å²) in [5.41, 5.74) is 1.06. The lowest BCUT2D eigenvalue weighted by Crippen LogP contribution is -2.33. The topological polar surface area (TPSA) is 38.8 Å². The second kappa shape index (κ2) is 8.72. The Hall–Kier alpha value is -1.39. The summed E-state index contributed by atoms with van der Waals surface area (Å²) >= 11 is 0. The molecule has 0 atom stereocenters. The van der Waals surface area contributed by atoms with Gasteiger partial charge in [0.15, 0.2) is 0 Å². The molecule has 110 valence electrons. The maximum Gasteiger partial charge on any atom is 0.332 e. The predicted molar refractivity (Wildman–Crippen MR) is 77.3 cm³/mol. The Morgan fingerprint density at radius 3 is 2.60 bits per heavy atom. The highest BCUT2D eigenvalue weighted by Crippen LogP contribution is 2.07. The van der Waals surface area contributed by atoms with Crippen molar-refractivity contribution in [1.82, 2.24) is 4.90 Å². The zero-order chi connectivity index (χ0) is 14.0. The first-order chi connectivity index (χ1) is 9.84. The van der Waals surface area contributed by atoms with Crippen molar-refractivity contribution in [3.63, 3.8) is 0 Å². The van der Waals surface area contributed by atoms with Crippen LogP contribution < -0.4 is 0 Å². The van der Waals surface area contributed by atoms with Crippen LogP contribution in [0.5, 0.6) is 0 Å². The number of ether oxygens (including phenoxy) is 2. The molecular formula is C16H23NO3. The third kappa shape index (κ3) is 5.72. The van der Waals surface area contributed by atoms with Crippen LogP contribution in [0.1, 0.15) is 24.8 Å². The maximum atomic E-state index is 11.5. The molecule has 1 aliphatic rings. The number of nitrogens with zero attached hydrogens (tertiary/aromatic N) is 1. The lowest BCUT2D eigenvalue weighted by atomic mass is 10.1. The lowest BCUT2D eigenvalue weighted by Gasteiger charge is -2.25. The molecule has 1 fully saturated rings. The number of hydrogen-bond donors (Lipinski definition) is 0. The predicted octanol–water partition coefficient (Wildman–Crippen LogP) is 2.23. The van der Waals surface area contributed by atoms with Crippen LogP contribution >= 0.6 is 0 Å². The van der Waals surface area contributed by atoms with E-state index in [0.717, 1.165) is 25.2 Å². The van der Waals surface area contributed by atoms with Gasteiger partial charge in [0.05, 0.1) is 6.61 Å². The van der Waals surface area contributed by atoms with E-state index in [4.69, 9.17) is 9.47 Å². The summed E-state index contributed by atoms with van der Waals surface area (Å²) in [5, 5.41) is 0. The molecule has 0 amide bonds. The van der Waals surface area contributed by atoms with Gasteiger partial charge < -0.3 is 9.47 Å². The molecule has 4 heteroatoms. The second-order valence-corrected chi connectivity index (χ2v) is 5.10. The lowest BCUT2D eigenvalue weighted by molar-refractivity contribution is -0.149. The first-order valence-corrected chi connectivity index (χ1v) is 7.34. The van der Waals surface area contributed by atoms with Crippen LogP contribution in [0.2, 0.25) is 0 Å². The zero-order valence-electron chi connectivity index (χ0n) is 11.9. The van der Waals surface area contributed by atoms with Gasteiger partial charge in [-0.3, -0.25) is 4.90 Å². The number of hydrogen-bond acceptors (Lipinski definition) is 4. The molecule has 1 aliphatic heterocycles. The number of carbonyl (C=O) groups excluding carboxylic acids is 1. The van der Waals surface area contributed by atoms with E-state index in [2.05, 4.69) is 4.90 Å². The van der Waals surface area contributed by atoms with E-state index in [9.17, 15) is 4.79 Å². The molecule has 0 saturated carbocycles. The van der Waals surface area contributed by atoms with E-state index in [0.29, 0.717) is 13.2 Å². The summed E-state index contributed by atoms with van der Waals surface area (Å²) in [5.74, 6) is -0.280. The van der Waals surface area contributed by atoms with Crippen LogP contribution in [0.15, 0.2) is 30.3 Å². The third-order valence-corrected chi connectivity index (χ3v) is 3.45. The van der Waals surface area contributed by atoms with Crippen molar-refractivity contribution in [3.05, 3.63) is 35.9 Å². The Morgan fingerprint density at radius 1 is 1.10 bits per heavy atom. The van der Waals surface area contributed by atoms with Gasteiger partial charge in [-0.05, 0) is 31.5 Å². The second-order valence-electron chi connectivity index (χ2n) is 5.10. The number of rotatable bonds is 7. The number of esters is 1. The van der Waals surface area contributed by atoms with Crippen LogP contribution in [0.4, 0.5) is 0 Å². The molecule has 2 rings (SSSR count). The van der Waals surface area contributed by atoms with Crippen molar-refractivity contribution in [2.75, 3.05) is 32.8 Å². The molecule has 1 aromatic carbocycles. The molecule has 1 aromatic rings. The molecule has 0 radical (unpaired) electrons. The largest absolute Gasteiger partial charge is 0.463 e. The Labute approximate surface area is 120 Å². The fourth-order valence-electron chi connectivity index (χ4n) is 2.34. The first kappa shape index (κ1) is 15.0. The summed E-state index contributed by atoms with van der Waals surface area (Å²) in [6, 6.07) is 9.81. The number of likely N-dealkylation sites (tertiary alicyclic amines) is 1. The number of piperidine rings is 1. The molecule has 0 aromatic heterocycles. The fraction of sp³-hybridized carbons (Fsp3) is 0.562. The van der Waals surface area contributed by atoms with E-state index in [1.54, 1.807) is 0 Å².